The highest BCUT2D eigenvalue weighted by atomic mass is 79.9. The number of carbonyl (C=O) groups is 3. The van der Waals surface area contributed by atoms with E-state index in [2.05, 4.69) is 31.5 Å². The first-order valence-electron chi connectivity index (χ1n) is 13.1. The van der Waals surface area contributed by atoms with E-state index in [9.17, 15) is 14.4 Å². The summed E-state index contributed by atoms with van der Waals surface area (Å²) in [6, 6.07) is 11.6. The van der Waals surface area contributed by atoms with Gasteiger partial charge in [-0.2, -0.15) is 0 Å². The molecule has 2 N–H and O–H groups in total. The van der Waals surface area contributed by atoms with Gasteiger partial charge in [0.15, 0.2) is 0 Å². The van der Waals surface area contributed by atoms with Gasteiger partial charge in [-0.15, -0.1) is 0 Å². The minimum Gasteiger partial charge on any atom is -0.453 e. The Morgan fingerprint density at radius 1 is 1.20 bits per heavy atom. The first kappa shape index (κ1) is 28.8. The van der Waals surface area contributed by atoms with Crippen molar-refractivity contribution in [1.82, 2.24) is 9.88 Å². The number of methoxy groups -OCH3 is 1. The lowest BCUT2D eigenvalue weighted by Gasteiger charge is -2.29. The van der Waals surface area contributed by atoms with E-state index in [0.29, 0.717) is 46.4 Å². The Labute approximate surface area is 250 Å². The Morgan fingerprint density at radius 3 is 2.78 bits per heavy atom. The fourth-order valence-corrected chi connectivity index (χ4v) is 5.91. The molecule has 212 valence electrons. The van der Waals surface area contributed by atoms with Gasteiger partial charge in [-0.3, -0.25) is 19.9 Å². The molecule has 41 heavy (non-hydrogen) atoms. The van der Waals surface area contributed by atoms with E-state index in [1.54, 1.807) is 35.4 Å². The molecule has 2 bridgehead atoms. The fourth-order valence-electron chi connectivity index (χ4n) is 5.19. The van der Waals surface area contributed by atoms with Crippen LogP contribution in [0.25, 0.3) is 16.7 Å². The second-order valence-corrected chi connectivity index (χ2v) is 11.3. The summed E-state index contributed by atoms with van der Waals surface area (Å²) in [5.41, 5.74) is 3.94. The number of carbonyl (C=O) groups excluding carboxylic acids is 3. The summed E-state index contributed by atoms with van der Waals surface area (Å²) in [7, 11) is 1.27. The monoisotopic (exact) mass is 640 g/mol. The van der Waals surface area contributed by atoms with Crippen LogP contribution in [0, 0.1) is 11.7 Å². The van der Waals surface area contributed by atoms with Crippen LogP contribution < -0.4 is 10.6 Å². The second kappa shape index (κ2) is 12.0. The molecule has 0 saturated heterocycles. The maximum Gasteiger partial charge on any atom is 0.411 e. The third-order valence-electron chi connectivity index (χ3n) is 7.37. The average molecular weight is 642 g/mol. The smallest absolute Gasteiger partial charge is 0.411 e. The molecule has 5 rings (SSSR count). The van der Waals surface area contributed by atoms with Crippen molar-refractivity contribution < 1.29 is 23.5 Å². The highest BCUT2D eigenvalue weighted by molar-refractivity contribution is 9.10. The van der Waals surface area contributed by atoms with Gasteiger partial charge < -0.3 is 15.0 Å². The summed E-state index contributed by atoms with van der Waals surface area (Å²) in [6.45, 7) is 2.03. The molecule has 3 heterocycles. The number of hydrogen-bond acceptors (Lipinski definition) is 5. The molecule has 3 aromatic rings. The van der Waals surface area contributed by atoms with Crippen LogP contribution in [0.4, 0.5) is 20.6 Å². The molecule has 1 aromatic heterocycles. The minimum absolute atomic E-state index is 0.0220. The number of pyridine rings is 1. The first-order valence-corrected chi connectivity index (χ1v) is 14.2. The Hall–Kier alpha value is -3.76. The van der Waals surface area contributed by atoms with Gasteiger partial charge in [0.25, 0.3) is 0 Å². The lowest BCUT2D eigenvalue weighted by Crippen LogP contribution is -2.32. The van der Waals surface area contributed by atoms with Crippen molar-refractivity contribution in [3.05, 3.63) is 81.3 Å². The van der Waals surface area contributed by atoms with Gasteiger partial charge >= 0.3 is 6.09 Å². The van der Waals surface area contributed by atoms with Crippen LogP contribution in [-0.2, 0) is 14.3 Å². The normalized spacial score (nSPS) is 19.0. The maximum atomic E-state index is 15.0. The van der Waals surface area contributed by atoms with Gasteiger partial charge in [0.2, 0.25) is 11.8 Å². The summed E-state index contributed by atoms with van der Waals surface area (Å²) in [4.78, 5) is 44.6. The SMILES string of the molecule is COC(=O)Nc1ccc2c(c1)NC(=O)C(C)CCCC(N1CC(c3c(Br)ccc(Cl)c3F)=CC1=O)c1cc-2ccn1. The number of fused-ring (bicyclic) bond motifs is 4. The molecule has 2 aliphatic heterocycles. The summed E-state index contributed by atoms with van der Waals surface area (Å²) in [6.07, 6.45) is 4.28. The lowest BCUT2D eigenvalue weighted by molar-refractivity contribution is -0.127. The van der Waals surface area contributed by atoms with Crippen LogP contribution in [-0.4, -0.2) is 41.4 Å². The van der Waals surface area contributed by atoms with Crippen molar-refractivity contribution in [2.24, 2.45) is 5.92 Å². The fraction of sp³-hybridized carbons (Fsp3) is 0.267. The number of benzene rings is 2. The third-order valence-corrected chi connectivity index (χ3v) is 8.32. The molecule has 2 unspecified atom stereocenters. The molecule has 2 aliphatic rings. The summed E-state index contributed by atoms with van der Waals surface area (Å²) in [5.74, 6) is -1.31. The number of aromatic nitrogens is 1. The van der Waals surface area contributed by atoms with Gasteiger partial charge in [-0.05, 0) is 60.4 Å². The predicted octanol–water partition coefficient (Wildman–Crippen LogP) is 7.21. The van der Waals surface area contributed by atoms with E-state index in [4.69, 9.17) is 16.3 Å². The largest absolute Gasteiger partial charge is 0.453 e. The molecule has 8 nitrogen and oxygen atoms in total. The van der Waals surface area contributed by atoms with Gasteiger partial charge in [-0.1, -0.05) is 46.9 Å². The van der Waals surface area contributed by atoms with Crippen LogP contribution in [0.2, 0.25) is 5.02 Å². The molecule has 2 aromatic carbocycles. The molecule has 0 aliphatic carbocycles. The molecular weight excluding hydrogens is 615 g/mol. The van der Waals surface area contributed by atoms with Gasteiger partial charge in [0.05, 0.1) is 29.6 Å². The molecule has 0 saturated carbocycles. The molecule has 11 heteroatoms. The number of halogens is 3. The molecular formula is C30H27BrClFN4O4. The van der Waals surface area contributed by atoms with Crippen molar-refractivity contribution >= 4 is 62.4 Å². The zero-order chi connectivity index (χ0) is 29.3. The van der Waals surface area contributed by atoms with Crippen molar-refractivity contribution in [2.75, 3.05) is 24.3 Å². The lowest BCUT2D eigenvalue weighted by atomic mass is 9.94. The molecule has 2 atom stereocenters. The zero-order valence-electron chi connectivity index (χ0n) is 22.3. The Morgan fingerprint density at radius 2 is 2.00 bits per heavy atom. The van der Waals surface area contributed by atoms with Gasteiger partial charge in [-0.25, -0.2) is 9.18 Å². The average Bonchev–Trinajstić information content (AvgIpc) is 3.33. The predicted molar refractivity (Wildman–Crippen MR) is 159 cm³/mol. The standard InChI is InChI=1S/C30H27BrClFN4O4/c1-16-4-3-5-25(37-15-18(13-26(37)38)27-21(31)8-9-22(32)28(27)33)24-12-17(10-11-34-24)20-7-6-19(35-30(40)41-2)14-23(20)36-29(16)39/h6-14,16,25H,3-5,15H2,1-2H3,(H,35,40)(H,36,39). The Bertz CT molecular complexity index is 1580. The topological polar surface area (TPSA) is 101 Å². The van der Waals surface area contributed by atoms with Crippen LogP contribution in [0.1, 0.15) is 43.5 Å². The van der Waals surface area contributed by atoms with Gasteiger partial charge in [0, 0.05) is 46.0 Å². The summed E-state index contributed by atoms with van der Waals surface area (Å²) in [5, 5.41) is 5.61. The van der Waals surface area contributed by atoms with Crippen LogP contribution in [0.5, 0.6) is 0 Å². The third kappa shape index (κ3) is 5.99. The molecule has 0 radical (unpaired) electrons. The quantitative estimate of drug-likeness (QED) is 0.295. The minimum atomic E-state index is -0.625. The number of ether oxygens (including phenoxy) is 1. The van der Waals surface area contributed by atoms with Crippen LogP contribution >= 0.6 is 27.5 Å². The Kier molecular flexibility index (Phi) is 8.42. The van der Waals surface area contributed by atoms with E-state index in [1.165, 1.54) is 19.3 Å². The summed E-state index contributed by atoms with van der Waals surface area (Å²) >= 11 is 9.45. The number of nitrogens with zero attached hydrogens (tertiary/aromatic N) is 2. The highest BCUT2D eigenvalue weighted by Gasteiger charge is 2.33. The number of rotatable bonds is 3. The second-order valence-electron chi connectivity index (χ2n) is 10.0. The van der Waals surface area contributed by atoms with Crippen molar-refractivity contribution in [3.8, 4) is 11.1 Å². The van der Waals surface area contributed by atoms with Crippen molar-refractivity contribution in [3.63, 3.8) is 0 Å². The number of nitrogens with one attached hydrogen (secondary N) is 2. The molecule has 0 fully saturated rings. The van der Waals surface area contributed by atoms with Crippen LogP contribution in [0.3, 0.4) is 0 Å². The Balaban J connectivity index is 1.53. The van der Waals surface area contributed by atoms with E-state index in [0.717, 1.165) is 11.1 Å². The van der Waals surface area contributed by atoms with E-state index in [1.807, 2.05) is 19.1 Å². The zero-order valence-corrected chi connectivity index (χ0v) is 24.7. The highest BCUT2D eigenvalue weighted by Crippen LogP contribution is 2.39. The van der Waals surface area contributed by atoms with E-state index >= 15 is 4.39 Å². The molecule has 0 spiro atoms. The summed E-state index contributed by atoms with van der Waals surface area (Å²) < 4.78 is 20.2. The van der Waals surface area contributed by atoms with E-state index in [-0.39, 0.29) is 34.9 Å². The number of amides is 3. The van der Waals surface area contributed by atoms with Crippen molar-refractivity contribution in [1.29, 1.82) is 0 Å². The molecule has 3 amide bonds. The van der Waals surface area contributed by atoms with Gasteiger partial charge in [0.1, 0.15) is 5.82 Å². The van der Waals surface area contributed by atoms with Crippen LogP contribution in [0.15, 0.2) is 59.2 Å². The number of hydrogen-bond donors (Lipinski definition) is 2. The first-order chi connectivity index (χ1) is 19.7. The van der Waals surface area contributed by atoms with Crippen molar-refractivity contribution in [2.45, 2.75) is 32.2 Å². The maximum absolute atomic E-state index is 15.0. The number of anilines is 2. The van der Waals surface area contributed by atoms with E-state index < -0.39 is 18.0 Å².